The molecule has 0 saturated heterocycles. The number of fused-ring (bicyclic) bond motifs is 1. The third-order valence-electron chi connectivity index (χ3n) is 4.76. The molecule has 0 aliphatic rings. The van der Waals surface area contributed by atoms with E-state index < -0.39 is 12.0 Å². The van der Waals surface area contributed by atoms with E-state index in [0.29, 0.717) is 17.7 Å². The topological polar surface area (TPSA) is 109 Å². The van der Waals surface area contributed by atoms with Gasteiger partial charge in [-0.05, 0) is 43.5 Å². The summed E-state index contributed by atoms with van der Waals surface area (Å²) in [5, 5.41) is 23.0. The van der Waals surface area contributed by atoms with Gasteiger partial charge in [-0.2, -0.15) is 0 Å². The fourth-order valence-corrected chi connectivity index (χ4v) is 3.26. The minimum Gasteiger partial charge on any atom is -0.507 e. The number of ether oxygens (including phenoxy) is 1. The number of rotatable bonds is 8. The second-order valence-electron chi connectivity index (χ2n) is 7.57. The molecule has 0 aliphatic heterocycles. The monoisotopic (exact) mass is 411 g/mol. The van der Waals surface area contributed by atoms with Crippen LogP contribution in [0.5, 0.6) is 17.2 Å². The van der Waals surface area contributed by atoms with Gasteiger partial charge in [-0.25, -0.2) is 0 Å². The minimum absolute atomic E-state index is 0.0358. The molecule has 0 saturated carbocycles. The first-order valence-electron chi connectivity index (χ1n) is 9.75. The lowest BCUT2D eigenvalue weighted by Crippen LogP contribution is -2.37. The quantitative estimate of drug-likeness (QED) is 0.510. The van der Waals surface area contributed by atoms with E-state index in [9.17, 15) is 19.8 Å². The lowest BCUT2D eigenvalue weighted by atomic mass is 10.0. The highest BCUT2D eigenvalue weighted by atomic mass is 16.5. The Labute approximate surface area is 173 Å². The molecule has 0 spiro atoms. The smallest absolute Gasteiger partial charge is 0.320 e. The van der Waals surface area contributed by atoms with Crippen molar-refractivity contribution in [3.8, 4) is 17.2 Å². The molecule has 3 aromatic rings. The third kappa shape index (κ3) is 4.63. The Hall–Kier alpha value is -3.32. The van der Waals surface area contributed by atoms with E-state index in [2.05, 4.69) is 5.32 Å². The van der Waals surface area contributed by atoms with E-state index in [1.54, 1.807) is 31.2 Å². The second-order valence-corrected chi connectivity index (χ2v) is 7.57. The van der Waals surface area contributed by atoms with Crippen LogP contribution < -0.4 is 15.5 Å². The van der Waals surface area contributed by atoms with E-state index in [0.717, 1.165) is 0 Å². The molecular formula is C23H25NO6. The Morgan fingerprint density at radius 3 is 2.50 bits per heavy atom. The lowest BCUT2D eigenvalue weighted by Gasteiger charge is -2.18. The van der Waals surface area contributed by atoms with Gasteiger partial charge >= 0.3 is 5.97 Å². The Kier molecular flexibility index (Phi) is 6.42. The molecule has 0 fully saturated rings. The number of phenolic OH excluding ortho intramolecular Hbond substituents is 1. The molecule has 30 heavy (non-hydrogen) atoms. The molecule has 1 aromatic heterocycles. The Morgan fingerprint density at radius 1 is 1.17 bits per heavy atom. The average Bonchev–Trinajstić information content (AvgIpc) is 2.69. The van der Waals surface area contributed by atoms with Gasteiger partial charge in [-0.3, -0.25) is 9.59 Å². The van der Waals surface area contributed by atoms with Crippen LogP contribution in [0.25, 0.3) is 11.0 Å². The van der Waals surface area contributed by atoms with Crippen LogP contribution in [0.2, 0.25) is 0 Å². The number of nitrogens with one attached hydrogen (secondary N) is 1. The summed E-state index contributed by atoms with van der Waals surface area (Å²) in [5.41, 5.74) is 0.170. The van der Waals surface area contributed by atoms with Crippen LogP contribution in [-0.2, 0) is 11.3 Å². The summed E-state index contributed by atoms with van der Waals surface area (Å²) >= 11 is 0. The summed E-state index contributed by atoms with van der Waals surface area (Å²) in [4.78, 5) is 24.5. The highest BCUT2D eigenvalue weighted by molar-refractivity contribution is 5.83. The van der Waals surface area contributed by atoms with Gasteiger partial charge in [0.05, 0.1) is 10.9 Å². The molecule has 0 amide bonds. The number of hydrogen-bond acceptors (Lipinski definition) is 6. The molecule has 3 rings (SSSR count). The molecule has 7 heteroatoms. The van der Waals surface area contributed by atoms with Crippen LogP contribution in [0.1, 0.15) is 31.6 Å². The molecule has 7 nitrogen and oxygen atoms in total. The first kappa shape index (κ1) is 21.4. The van der Waals surface area contributed by atoms with Gasteiger partial charge in [-0.1, -0.05) is 32.0 Å². The summed E-state index contributed by atoms with van der Waals surface area (Å²) in [5.74, 6) is -0.0345. The zero-order valence-electron chi connectivity index (χ0n) is 17.1. The van der Waals surface area contributed by atoms with Crippen LogP contribution in [-0.4, -0.2) is 22.2 Å². The van der Waals surface area contributed by atoms with Gasteiger partial charge in [-0.15, -0.1) is 0 Å². The largest absolute Gasteiger partial charge is 0.507 e. The van der Waals surface area contributed by atoms with Crippen molar-refractivity contribution in [3.05, 3.63) is 64.0 Å². The van der Waals surface area contributed by atoms with Crippen LogP contribution in [0.4, 0.5) is 0 Å². The third-order valence-corrected chi connectivity index (χ3v) is 4.76. The molecular weight excluding hydrogens is 386 g/mol. The van der Waals surface area contributed by atoms with Crippen molar-refractivity contribution in [2.75, 3.05) is 0 Å². The predicted octanol–water partition coefficient (Wildman–Crippen LogP) is 4.19. The van der Waals surface area contributed by atoms with Crippen molar-refractivity contribution in [1.29, 1.82) is 0 Å². The Bertz CT molecular complexity index is 1100. The first-order chi connectivity index (χ1) is 14.3. The molecule has 3 N–H and O–H groups in total. The summed E-state index contributed by atoms with van der Waals surface area (Å²) in [6.07, 6.45) is 0.429. The normalized spacial score (nSPS) is 12.3. The molecule has 158 valence electrons. The Balaban J connectivity index is 1.99. The van der Waals surface area contributed by atoms with E-state index in [1.807, 2.05) is 19.9 Å². The Morgan fingerprint density at radius 2 is 1.87 bits per heavy atom. The minimum atomic E-state index is -0.973. The van der Waals surface area contributed by atoms with E-state index in [-0.39, 0.29) is 46.1 Å². The number of carboxylic acids is 1. The van der Waals surface area contributed by atoms with Gasteiger partial charge in [0.2, 0.25) is 11.2 Å². The summed E-state index contributed by atoms with van der Waals surface area (Å²) in [6.45, 7) is 5.51. The van der Waals surface area contributed by atoms with Crippen LogP contribution in [0, 0.1) is 12.8 Å². The van der Waals surface area contributed by atoms with Crippen molar-refractivity contribution in [2.45, 2.75) is 39.8 Å². The second kappa shape index (κ2) is 9.00. The molecule has 1 unspecified atom stereocenters. The van der Waals surface area contributed by atoms with Crippen LogP contribution in [0.15, 0.2) is 51.7 Å². The molecule has 2 aromatic carbocycles. The predicted molar refractivity (Wildman–Crippen MR) is 113 cm³/mol. The van der Waals surface area contributed by atoms with Crippen LogP contribution in [0.3, 0.4) is 0 Å². The number of carbonyl (C=O) groups is 1. The van der Waals surface area contributed by atoms with Crippen LogP contribution >= 0.6 is 0 Å². The zero-order chi connectivity index (χ0) is 21.8. The SMILES string of the molecule is Cc1oc2c(CNC(CC(C)C)C(=O)O)c(O)ccc2c(=O)c1Oc1ccccc1. The van der Waals surface area contributed by atoms with Crippen molar-refractivity contribution in [1.82, 2.24) is 5.32 Å². The number of aliphatic carboxylic acids is 1. The number of aryl methyl sites for hydroxylation is 1. The fraction of sp³-hybridized carbons (Fsp3) is 0.304. The van der Waals surface area contributed by atoms with Gasteiger partial charge in [0.1, 0.15) is 28.9 Å². The van der Waals surface area contributed by atoms with E-state index in [4.69, 9.17) is 9.15 Å². The maximum atomic E-state index is 13.0. The molecule has 1 heterocycles. The summed E-state index contributed by atoms with van der Waals surface area (Å²) in [7, 11) is 0. The highest BCUT2D eigenvalue weighted by Gasteiger charge is 2.22. The number of hydrogen-bond donors (Lipinski definition) is 3. The van der Waals surface area contributed by atoms with Crippen molar-refractivity contribution < 1.29 is 24.2 Å². The van der Waals surface area contributed by atoms with Gasteiger partial charge in [0, 0.05) is 6.54 Å². The van der Waals surface area contributed by atoms with Gasteiger partial charge < -0.3 is 24.7 Å². The zero-order valence-corrected chi connectivity index (χ0v) is 17.1. The number of benzene rings is 2. The van der Waals surface area contributed by atoms with Crippen molar-refractivity contribution >= 4 is 16.9 Å². The molecule has 1 atom stereocenters. The van der Waals surface area contributed by atoms with Gasteiger partial charge in [0.15, 0.2) is 0 Å². The summed E-state index contributed by atoms with van der Waals surface area (Å²) < 4.78 is 11.6. The highest BCUT2D eigenvalue weighted by Crippen LogP contribution is 2.31. The molecule has 0 aliphatic carbocycles. The summed E-state index contributed by atoms with van der Waals surface area (Å²) in [6, 6.07) is 11.0. The number of carboxylic acid groups (broad SMARTS) is 1. The standard InChI is InChI=1S/C23H25NO6/c1-13(2)11-18(23(27)28)24-12-17-19(25)10-9-16-20(26)21(14(3)29-22(16)17)30-15-7-5-4-6-8-15/h4-10,13,18,24-25H,11-12H2,1-3H3,(H,27,28). The number of aromatic hydroxyl groups is 1. The first-order valence-corrected chi connectivity index (χ1v) is 9.75. The average molecular weight is 411 g/mol. The molecule has 0 radical (unpaired) electrons. The number of para-hydroxylation sites is 1. The van der Waals surface area contributed by atoms with Crippen molar-refractivity contribution in [2.24, 2.45) is 5.92 Å². The fourth-order valence-electron chi connectivity index (χ4n) is 3.26. The molecule has 0 bridgehead atoms. The van der Waals surface area contributed by atoms with E-state index in [1.165, 1.54) is 12.1 Å². The van der Waals surface area contributed by atoms with Gasteiger partial charge in [0.25, 0.3) is 0 Å². The number of phenols is 1. The lowest BCUT2D eigenvalue weighted by molar-refractivity contribution is -0.140. The van der Waals surface area contributed by atoms with Crippen molar-refractivity contribution in [3.63, 3.8) is 0 Å². The maximum Gasteiger partial charge on any atom is 0.320 e. The maximum absolute atomic E-state index is 13.0. The van der Waals surface area contributed by atoms with E-state index >= 15 is 0 Å².